The molecule has 3 aromatic rings. The number of nitrogens with zero attached hydrogens (tertiary/aromatic N) is 3. The fourth-order valence-corrected chi connectivity index (χ4v) is 3.33. The van der Waals surface area contributed by atoms with Crippen LogP contribution in [0, 0.1) is 20.8 Å². The quantitative estimate of drug-likeness (QED) is 0.610. The molecule has 6 nitrogen and oxygen atoms in total. The molecule has 2 aromatic carbocycles. The van der Waals surface area contributed by atoms with Gasteiger partial charge in [0.1, 0.15) is 12.4 Å². The van der Waals surface area contributed by atoms with Crippen LogP contribution in [0.1, 0.15) is 22.5 Å². The van der Waals surface area contributed by atoms with Gasteiger partial charge in [-0.1, -0.05) is 36.0 Å². The van der Waals surface area contributed by atoms with Gasteiger partial charge in [-0.15, -0.1) is 10.2 Å². The Balaban J connectivity index is 1.54. The number of benzene rings is 2. The van der Waals surface area contributed by atoms with Crippen LogP contribution >= 0.6 is 11.8 Å². The number of rotatable bonds is 7. The first-order chi connectivity index (χ1) is 13.4. The fraction of sp³-hybridized carbons (Fsp3) is 0.286. The number of hydrogen-bond donors (Lipinski definition) is 1. The van der Waals surface area contributed by atoms with Crippen LogP contribution in [-0.4, -0.2) is 26.4 Å². The highest BCUT2D eigenvalue weighted by molar-refractivity contribution is 7.99. The molecule has 0 bridgehead atoms. The topological polar surface area (TPSA) is 69.0 Å². The van der Waals surface area contributed by atoms with Gasteiger partial charge in [0.15, 0.2) is 11.0 Å². The van der Waals surface area contributed by atoms with Gasteiger partial charge < -0.3 is 14.6 Å². The molecule has 7 heteroatoms. The minimum atomic E-state index is -0.0750. The summed E-state index contributed by atoms with van der Waals surface area (Å²) in [5.74, 6) is 1.72. The molecule has 0 fully saturated rings. The second-order valence-electron chi connectivity index (χ2n) is 6.65. The van der Waals surface area contributed by atoms with E-state index in [4.69, 9.17) is 4.74 Å². The molecule has 3 rings (SSSR count). The van der Waals surface area contributed by atoms with Gasteiger partial charge in [-0.25, -0.2) is 0 Å². The summed E-state index contributed by atoms with van der Waals surface area (Å²) >= 11 is 1.35. The van der Waals surface area contributed by atoms with E-state index >= 15 is 0 Å². The summed E-state index contributed by atoms with van der Waals surface area (Å²) in [5, 5.41) is 11.9. The van der Waals surface area contributed by atoms with E-state index in [0.717, 1.165) is 22.6 Å². The van der Waals surface area contributed by atoms with Crippen LogP contribution in [-0.2, 0) is 18.4 Å². The second-order valence-corrected chi connectivity index (χ2v) is 7.59. The second kappa shape index (κ2) is 8.93. The molecule has 0 aliphatic rings. The van der Waals surface area contributed by atoms with Gasteiger partial charge in [-0.05, 0) is 55.7 Å². The van der Waals surface area contributed by atoms with E-state index in [1.165, 1.54) is 17.3 Å². The molecule has 1 N–H and O–H groups in total. The Morgan fingerprint density at radius 1 is 1.07 bits per heavy atom. The Morgan fingerprint density at radius 2 is 1.86 bits per heavy atom. The molecular formula is C21H24N4O2S. The Kier molecular flexibility index (Phi) is 6.36. The van der Waals surface area contributed by atoms with Crippen molar-refractivity contribution in [3.8, 4) is 5.75 Å². The Labute approximate surface area is 169 Å². The van der Waals surface area contributed by atoms with Crippen molar-refractivity contribution in [3.05, 3.63) is 65.0 Å². The van der Waals surface area contributed by atoms with E-state index in [9.17, 15) is 4.79 Å². The molecule has 1 aromatic heterocycles. The number of para-hydroxylation sites is 1. The van der Waals surface area contributed by atoms with E-state index < -0.39 is 0 Å². The highest BCUT2D eigenvalue weighted by Gasteiger charge is 2.13. The largest absolute Gasteiger partial charge is 0.485 e. The number of aryl methyl sites for hydroxylation is 3. The third-order valence-corrected chi connectivity index (χ3v) is 5.52. The first-order valence-corrected chi connectivity index (χ1v) is 9.99. The number of thioether (sulfide) groups is 1. The number of carbonyl (C=O) groups excluding carboxylic acids is 1. The lowest BCUT2D eigenvalue weighted by molar-refractivity contribution is -0.113. The molecular weight excluding hydrogens is 372 g/mol. The van der Waals surface area contributed by atoms with Crippen molar-refractivity contribution in [2.24, 2.45) is 7.05 Å². The smallest absolute Gasteiger partial charge is 0.234 e. The fourth-order valence-electron chi connectivity index (χ4n) is 2.60. The maximum Gasteiger partial charge on any atom is 0.234 e. The number of anilines is 1. The lowest BCUT2D eigenvalue weighted by Gasteiger charge is -2.09. The predicted molar refractivity (Wildman–Crippen MR) is 112 cm³/mol. The van der Waals surface area contributed by atoms with E-state index in [0.29, 0.717) is 17.6 Å². The zero-order valence-corrected chi connectivity index (χ0v) is 17.3. The molecule has 0 saturated heterocycles. The summed E-state index contributed by atoms with van der Waals surface area (Å²) in [6.45, 7) is 6.40. The third kappa shape index (κ3) is 4.92. The lowest BCUT2D eigenvalue weighted by Crippen LogP contribution is -2.14. The Morgan fingerprint density at radius 3 is 2.61 bits per heavy atom. The van der Waals surface area contributed by atoms with E-state index in [1.54, 1.807) is 0 Å². The summed E-state index contributed by atoms with van der Waals surface area (Å²) < 4.78 is 7.68. The van der Waals surface area contributed by atoms with Crippen molar-refractivity contribution in [1.29, 1.82) is 0 Å². The molecule has 0 aliphatic heterocycles. The zero-order valence-electron chi connectivity index (χ0n) is 16.5. The summed E-state index contributed by atoms with van der Waals surface area (Å²) in [5.41, 5.74) is 4.23. The number of nitrogens with one attached hydrogen (secondary N) is 1. The van der Waals surface area contributed by atoms with E-state index in [1.807, 2.05) is 74.9 Å². The highest BCUT2D eigenvalue weighted by atomic mass is 32.2. The Hall–Kier alpha value is -2.80. The zero-order chi connectivity index (χ0) is 20.1. The van der Waals surface area contributed by atoms with E-state index in [-0.39, 0.29) is 11.7 Å². The molecule has 28 heavy (non-hydrogen) atoms. The molecule has 0 unspecified atom stereocenters. The maximum absolute atomic E-state index is 12.2. The van der Waals surface area contributed by atoms with Crippen LogP contribution in [0.5, 0.6) is 5.75 Å². The molecule has 0 atom stereocenters. The highest BCUT2D eigenvalue weighted by Crippen LogP contribution is 2.20. The van der Waals surface area contributed by atoms with Gasteiger partial charge in [0.2, 0.25) is 5.91 Å². The summed E-state index contributed by atoms with van der Waals surface area (Å²) in [4.78, 5) is 12.2. The first kappa shape index (κ1) is 19.9. The van der Waals surface area contributed by atoms with Crippen LogP contribution < -0.4 is 10.1 Å². The van der Waals surface area contributed by atoms with Gasteiger partial charge in [0.05, 0.1) is 5.75 Å². The molecule has 0 saturated carbocycles. The van der Waals surface area contributed by atoms with Crippen molar-refractivity contribution in [1.82, 2.24) is 14.8 Å². The minimum Gasteiger partial charge on any atom is -0.485 e. The molecule has 1 amide bonds. The molecule has 146 valence electrons. The standard InChI is InChI=1S/C21H24N4O2S/c1-14-9-10-17(11-16(14)3)22-20(26)13-28-21-24-23-19(25(21)4)12-27-18-8-6-5-7-15(18)2/h5-11H,12-13H2,1-4H3,(H,22,26). The number of amides is 1. The van der Waals surface area contributed by atoms with Gasteiger partial charge in [0.25, 0.3) is 0 Å². The van der Waals surface area contributed by atoms with E-state index in [2.05, 4.69) is 15.5 Å². The van der Waals surface area contributed by atoms with Crippen LogP contribution in [0.3, 0.4) is 0 Å². The van der Waals surface area contributed by atoms with Crippen molar-refractivity contribution in [3.63, 3.8) is 0 Å². The summed E-state index contributed by atoms with van der Waals surface area (Å²) in [6.07, 6.45) is 0. The predicted octanol–water partition coefficient (Wildman–Crippen LogP) is 4.05. The molecule has 0 spiro atoms. The van der Waals surface area contributed by atoms with Crippen molar-refractivity contribution in [2.45, 2.75) is 32.5 Å². The van der Waals surface area contributed by atoms with Crippen LogP contribution in [0.2, 0.25) is 0 Å². The average molecular weight is 397 g/mol. The van der Waals surface area contributed by atoms with Gasteiger partial charge >= 0.3 is 0 Å². The maximum atomic E-state index is 12.2. The summed E-state index contributed by atoms with van der Waals surface area (Å²) in [6, 6.07) is 13.7. The first-order valence-electron chi connectivity index (χ1n) is 9.00. The van der Waals surface area contributed by atoms with Gasteiger partial charge in [0, 0.05) is 12.7 Å². The van der Waals surface area contributed by atoms with Gasteiger partial charge in [-0.2, -0.15) is 0 Å². The SMILES string of the molecule is Cc1ccc(NC(=O)CSc2nnc(COc3ccccc3C)n2C)cc1C. The number of ether oxygens (including phenoxy) is 1. The molecule has 0 radical (unpaired) electrons. The van der Waals surface area contributed by atoms with Crippen LogP contribution in [0.15, 0.2) is 47.6 Å². The molecule has 1 heterocycles. The molecule has 0 aliphatic carbocycles. The third-order valence-electron chi connectivity index (χ3n) is 4.50. The van der Waals surface area contributed by atoms with Crippen molar-refractivity contribution >= 4 is 23.4 Å². The van der Waals surface area contributed by atoms with Crippen molar-refractivity contribution < 1.29 is 9.53 Å². The van der Waals surface area contributed by atoms with Crippen molar-refractivity contribution in [2.75, 3.05) is 11.1 Å². The monoisotopic (exact) mass is 396 g/mol. The van der Waals surface area contributed by atoms with Gasteiger partial charge in [-0.3, -0.25) is 4.79 Å². The van der Waals surface area contributed by atoms with Crippen LogP contribution in [0.25, 0.3) is 0 Å². The Bertz CT molecular complexity index is 984. The normalized spacial score (nSPS) is 10.7. The minimum absolute atomic E-state index is 0.0750. The summed E-state index contributed by atoms with van der Waals surface area (Å²) in [7, 11) is 1.88. The lowest BCUT2D eigenvalue weighted by atomic mass is 10.1. The van der Waals surface area contributed by atoms with Crippen LogP contribution in [0.4, 0.5) is 5.69 Å². The number of aromatic nitrogens is 3. The number of hydrogen-bond acceptors (Lipinski definition) is 5. The average Bonchev–Trinajstić information content (AvgIpc) is 3.02. The number of carbonyl (C=O) groups is 1.